The van der Waals surface area contributed by atoms with Crippen molar-refractivity contribution < 1.29 is 14.6 Å². The van der Waals surface area contributed by atoms with Crippen molar-refractivity contribution in [2.45, 2.75) is 13.8 Å². The number of carbonyl (C=O) groups excluding carboxylic acids is 1. The first kappa shape index (κ1) is 8.38. The fraction of sp³-hybridized carbons (Fsp3) is 0.333. The molecular weight excluding hydrogens is 162 g/mol. The normalized spacial score (nSPS) is 11.7. The van der Waals surface area contributed by atoms with Crippen LogP contribution in [-0.4, -0.2) is 27.0 Å². The molecule has 0 aromatic carbocycles. The second-order valence-corrected chi connectivity index (χ2v) is 2.20. The first-order chi connectivity index (χ1) is 5.66. The molecule has 1 aromatic rings. The molecule has 0 amide bonds. The maximum absolute atomic E-state index is 10.8. The lowest BCUT2D eigenvalue weighted by Crippen LogP contribution is -2.13. The first-order valence-corrected chi connectivity index (χ1v) is 3.19. The van der Waals surface area contributed by atoms with Crippen LogP contribution in [0.1, 0.15) is 18.3 Å². The van der Waals surface area contributed by atoms with E-state index < -0.39 is 5.78 Å². The Bertz CT molecular complexity index is 329. The van der Waals surface area contributed by atoms with Crippen LogP contribution in [0.4, 0.5) is 0 Å². The molecule has 1 rings (SSSR count). The van der Waals surface area contributed by atoms with Crippen molar-refractivity contribution >= 4 is 11.5 Å². The van der Waals surface area contributed by atoms with E-state index in [1.807, 2.05) is 0 Å². The van der Waals surface area contributed by atoms with Crippen molar-refractivity contribution in [3.63, 3.8) is 0 Å². The van der Waals surface area contributed by atoms with Crippen molar-refractivity contribution in [2.75, 3.05) is 0 Å². The van der Waals surface area contributed by atoms with Gasteiger partial charge in [0.25, 0.3) is 0 Å². The van der Waals surface area contributed by atoms with E-state index in [-0.39, 0.29) is 11.4 Å². The quantitative estimate of drug-likeness (QED) is 0.386. The van der Waals surface area contributed by atoms with Crippen LogP contribution in [-0.2, 0) is 4.79 Å². The molecule has 1 aromatic heterocycles. The van der Waals surface area contributed by atoms with E-state index in [1.54, 1.807) is 6.92 Å². The van der Waals surface area contributed by atoms with Gasteiger partial charge in [-0.1, -0.05) is 10.3 Å². The summed E-state index contributed by atoms with van der Waals surface area (Å²) in [6.45, 7) is 2.86. The number of rotatable bonds is 2. The third-order valence-electron chi connectivity index (χ3n) is 1.31. The number of hydrogen-bond acceptors (Lipinski definition) is 6. The van der Waals surface area contributed by atoms with Gasteiger partial charge in [-0.05, 0) is 12.1 Å². The third-order valence-corrected chi connectivity index (χ3v) is 1.31. The SMILES string of the molecule is CC(=O)/C(=N\O)c1nonc1C. The van der Waals surface area contributed by atoms with Gasteiger partial charge >= 0.3 is 0 Å². The van der Waals surface area contributed by atoms with Crippen molar-refractivity contribution in [1.29, 1.82) is 0 Å². The van der Waals surface area contributed by atoms with Crippen LogP contribution in [0.15, 0.2) is 9.78 Å². The zero-order valence-electron chi connectivity index (χ0n) is 6.61. The fourth-order valence-corrected chi connectivity index (χ4v) is 0.731. The van der Waals surface area contributed by atoms with E-state index >= 15 is 0 Å². The van der Waals surface area contributed by atoms with E-state index in [0.29, 0.717) is 5.69 Å². The van der Waals surface area contributed by atoms with E-state index in [2.05, 4.69) is 20.1 Å². The average Bonchev–Trinajstić information content (AvgIpc) is 2.38. The summed E-state index contributed by atoms with van der Waals surface area (Å²) in [6, 6.07) is 0. The van der Waals surface area contributed by atoms with Crippen LogP contribution >= 0.6 is 0 Å². The molecule has 6 nitrogen and oxygen atoms in total. The molecule has 12 heavy (non-hydrogen) atoms. The summed E-state index contributed by atoms with van der Waals surface area (Å²) in [5.41, 5.74) is 0.441. The van der Waals surface area contributed by atoms with E-state index in [0.717, 1.165) is 0 Å². The molecule has 0 saturated heterocycles. The maximum atomic E-state index is 10.8. The van der Waals surface area contributed by atoms with Crippen LogP contribution in [0.2, 0.25) is 0 Å². The zero-order valence-corrected chi connectivity index (χ0v) is 6.61. The first-order valence-electron chi connectivity index (χ1n) is 3.19. The summed E-state index contributed by atoms with van der Waals surface area (Å²) in [4.78, 5) is 10.8. The summed E-state index contributed by atoms with van der Waals surface area (Å²) >= 11 is 0. The van der Waals surface area contributed by atoms with E-state index in [9.17, 15) is 4.79 Å². The minimum absolute atomic E-state index is 0.145. The molecule has 0 aliphatic rings. The molecule has 1 heterocycles. The van der Waals surface area contributed by atoms with Crippen molar-refractivity contribution in [3.05, 3.63) is 11.4 Å². The fourth-order valence-electron chi connectivity index (χ4n) is 0.731. The second-order valence-electron chi connectivity index (χ2n) is 2.20. The highest BCUT2D eigenvalue weighted by Crippen LogP contribution is 2.02. The summed E-state index contributed by atoms with van der Waals surface area (Å²) in [7, 11) is 0. The number of hydrogen-bond donors (Lipinski definition) is 1. The van der Waals surface area contributed by atoms with Crippen LogP contribution < -0.4 is 0 Å². The Kier molecular flexibility index (Phi) is 2.18. The highest BCUT2D eigenvalue weighted by atomic mass is 16.6. The number of ketones is 1. The number of oxime groups is 1. The molecule has 0 fully saturated rings. The van der Waals surface area contributed by atoms with Gasteiger partial charge in [-0.25, -0.2) is 4.63 Å². The Morgan fingerprint density at radius 3 is 2.58 bits per heavy atom. The highest BCUT2D eigenvalue weighted by molar-refractivity contribution is 6.44. The molecule has 0 saturated carbocycles. The lowest BCUT2D eigenvalue weighted by molar-refractivity contribution is -0.111. The molecule has 0 bridgehead atoms. The van der Waals surface area contributed by atoms with Gasteiger partial charge in [-0.3, -0.25) is 4.79 Å². The number of aryl methyl sites for hydroxylation is 1. The Hall–Kier alpha value is -1.72. The molecule has 0 radical (unpaired) electrons. The lowest BCUT2D eigenvalue weighted by Gasteiger charge is -1.92. The Morgan fingerprint density at radius 1 is 1.58 bits per heavy atom. The topological polar surface area (TPSA) is 88.6 Å². The van der Waals surface area contributed by atoms with Gasteiger partial charge in [0, 0.05) is 6.92 Å². The number of nitrogens with zero attached hydrogens (tertiary/aromatic N) is 3. The molecule has 1 N–H and O–H groups in total. The van der Waals surface area contributed by atoms with Crippen molar-refractivity contribution in [2.24, 2.45) is 5.16 Å². The Balaban J connectivity index is 3.13. The van der Waals surface area contributed by atoms with Gasteiger partial charge in [0.1, 0.15) is 5.69 Å². The standard InChI is InChI=1S/C6H7N3O3/c1-3-5(9-12-8-3)6(7-11)4(2)10/h11H,1-2H3/b7-6+. The van der Waals surface area contributed by atoms with Crippen LogP contribution in [0.25, 0.3) is 0 Å². The van der Waals surface area contributed by atoms with Crippen LogP contribution in [0.3, 0.4) is 0 Å². The number of carbonyl (C=O) groups is 1. The molecule has 6 heteroatoms. The van der Waals surface area contributed by atoms with E-state index in [1.165, 1.54) is 6.92 Å². The van der Waals surface area contributed by atoms with Gasteiger partial charge in [-0.15, -0.1) is 0 Å². The zero-order chi connectivity index (χ0) is 9.14. The summed E-state index contributed by atoms with van der Waals surface area (Å²) in [5.74, 6) is -0.392. The molecule has 0 spiro atoms. The van der Waals surface area contributed by atoms with E-state index in [4.69, 9.17) is 5.21 Å². The Labute approximate surface area is 67.8 Å². The molecule has 0 aliphatic carbocycles. The van der Waals surface area contributed by atoms with Gasteiger partial charge in [0.05, 0.1) is 0 Å². The molecular formula is C6H7N3O3. The Morgan fingerprint density at radius 2 is 2.25 bits per heavy atom. The van der Waals surface area contributed by atoms with Crippen molar-refractivity contribution in [1.82, 2.24) is 10.3 Å². The van der Waals surface area contributed by atoms with Crippen LogP contribution in [0, 0.1) is 6.92 Å². The smallest absolute Gasteiger partial charge is 0.183 e. The monoisotopic (exact) mass is 169 g/mol. The highest BCUT2D eigenvalue weighted by Gasteiger charge is 2.17. The summed E-state index contributed by atoms with van der Waals surface area (Å²) < 4.78 is 4.33. The predicted octanol–water partition coefficient (Wildman–Crippen LogP) is 0.145. The lowest BCUT2D eigenvalue weighted by atomic mass is 10.2. The maximum Gasteiger partial charge on any atom is 0.183 e. The second kappa shape index (κ2) is 3.12. The number of Topliss-reactive ketones (excluding diaryl/α,β-unsaturated/α-hetero) is 1. The number of aromatic nitrogens is 2. The summed E-state index contributed by atoms with van der Waals surface area (Å²) in [6.07, 6.45) is 0. The van der Waals surface area contributed by atoms with Crippen molar-refractivity contribution in [3.8, 4) is 0 Å². The molecule has 0 aliphatic heterocycles. The largest absolute Gasteiger partial charge is 0.410 e. The molecule has 0 unspecified atom stereocenters. The van der Waals surface area contributed by atoms with Gasteiger partial charge in [-0.2, -0.15) is 0 Å². The third kappa shape index (κ3) is 1.31. The minimum atomic E-state index is -0.392. The van der Waals surface area contributed by atoms with Gasteiger partial charge in [0.15, 0.2) is 17.2 Å². The summed E-state index contributed by atoms with van der Waals surface area (Å²) in [5, 5.41) is 18.1. The predicted molar refractivity (Wildman–Crippen MR) is 38.0 cm³/mol. The minimum Gasteiger partial charge on any atom is -0.410 e. The van der Waals surface area contributed by atoms with Gasteiger partial charge in [0.2, 0.25) is 0 Å². The van der Waals surface area contributed by atoms with Gasteiger partial charge < -0.3 is 5.21 Å². The average molecular weight is 169 g/mol. The van der Waals surface area contributed by atoms with Crippen LogP contribution in [0.5, 0.6) is 0 Å². The molecule has 0 atom stereocenters. The molecule has 64 valence electrons.